The predicted molar refractivity (Wildman–Crippen MR) is 40.6 cm³/mol. The van der Waals surface area contributed by atoms with Gasteiger partial charge in [0, 0.05) is 0 Å². The molecule has 3 atom stereocenters. The van der Waals surface area contributed by atoms with Gasteiger partial charge in [-0.3, -0.25) is 0 Å². The molecule has 0 spiro atoms. The number of aliphatic hydroxyl groups is 1. The molecule has 2 aliphatic rings. The summed E-state index contributed by atoms with van der Waals surface area (Å²) in [6, 6.07) is 0. The lowest BCUT2D eigenvalue weighted by Crippen LogP contribution is -2.16. The van der Waals surface area contributed by atoms with Gasteiger partial charge in [-0.15, -0.1) is 0 Å². The summed E-state index contributed by atoms with van der Waals surface area (Å²) in [5.41, 5.74) is 1.59. The van der Waals surface area contributed by atoms with E-state index in [1.165, 1.54) is 12.8 Å². The lowest BCUT2D eigenvalue weighted by molar-refractivity contribution is 0.124. The molecule has 0 aliphatic heterocycles. The Hall–Kier alpha value is -0.300. The van der Waals surface area contributed by atoms with E-state index < -0.39 is 0 Å². The van der Waals surface area contributed by atoms with Gasteiger partial charge in [0.2, 0.25) is 0 Å². The first-order chi connectivity index (χ1) is 4.81. The first-order valence-electron chi connectivity index (χ1n) is 4.14. The van der Waals surface area contributed by atoms with E-state index in [9.17, 15) is 5.11 Å². The summed E-state index contributed by atoms with van der Waals surface area (Å²) < 4.78 is 0. The Morgan fingerprint density at radius 1 is 1.50 bits per heavy atom. The summed E-state index contributed by atoms with van der Waals surface area (Å²) >= 11 is 0. The normalized spacial score (nSPS) is 49.0. The molecule has 2 aliphatic carbocycles. The van der Waals surface area contributed by atoms with Crippen LogP contribution in [0.5, 0.6) is 0 Å². The van der Waals surface area contributed by atoms with Gasteiger partial charge < -0.3 is 5.11 Å². The van der Waals surface area contributed by atoms with E-state index in [0.29, 0.717) is 5.92 Å². The van der Waals surface area contributed by atoms with Crippen molar-refractivity contribution >= 4 is 0 Å². The lowest BCUT2D eigenvalue weighted by Gasteiger charge is -2.17. The maximum Gasteiger partial charge on any atom is 0.0577 e. The summed E-state index contributed by atoms with van der Waals surface area (Å²) in [5, 5.41) is 9.41. The van der Waals surface area contributed by atoms with E-state index in [0.717, 1.165) is 12.3 Å². The van der Waals surface area contributed by atoms with Crippen molar-refractivity contribution < 1.29 is 5.11 Å². The monoisotopic (exact) mass is 138 g/mol. The maximum absolute atomic E-state index is 9.41. The maximum atomic E-state index is 9.41. The molecule has 56 valence electrons. The van der Waals surface area contributed by atoms with Crippen LogP contribution >= 0.6 is 0 Å². The van der Waals surface area contributed by atoms with Gasteiger partial charge in [0.1, 0.15) is 0 Å². The first-order valence-corrected chi connectivity index (χ1v) is 4.14. The molecule has 2 saturated carbocycles. The van der Waals surface area contributed by atoms with Crippen LogP contribution < -0.4 is 0 Å². The molecule has 3 unspecified atom stereocenters. The van der Waals surface area contributed by atoms with Gasteiger partial charge in [0.25, 0.3) is 0 Å². The fraction of sp³-hybridized carbons (Fsp3) is 0.778. The Bertz CT molecular complexity index is 170. The number of aliphatic hydroxyl groups excluding tert-OH is 1. The Kier molecular flexibility index (Phi) is 1.34. The third-order valence-corrected chi connectivity index (χ3v) is 3.05. The third kappa shape index (κ3) is 0.734. The quantitative estimate of drug-likeness (QED) is 0.505. The highest BCUT2D eigenvalue weighted by molar-refractivity contribution is 5.17. The smallest absolute Gasteiger partial charge is 0.0577 e. The van der Waals surface area contributed by atoms with Crippen LogP contribution in [0.2, 0.25) is 0 Å². The molecule has 0 aromatic carbocycles. The first kappa shape index (κ1) is 6.41. The van der Waals surface area contributed by atoms with Crippen LogP contribution in [0.3, 0.4) is 0 Å². The average Bonchev–Trinajstić information content (AvgIpc) is 2.44. The second-order valence-electron chi connectivity index (χ2n) is 3.56. The van der Waals surface area contributed by atoms with E-state index in [2.05, 4.69) is 13.0 Å². The predicted octanol–water partition coefficient (Wildman–Crippen LogP) is 1.72. The minimum atomic E-state index is 0.0219. The molecule has 0 aromatic heterocycles. The number of hydrogen-bond acceptors (Lipinski definition) is 1. The third-order valence-electron chi connectivity index (χ3n) is 3.05. The average molecular weight is 138 g/mol. The van der Waals surface area contributed by atoms with Crippen molar-refractivity contribution in [1.29, 1.82) is 0 Å². The summed E-state index contributed by atoms with van der Waals surface area (Å²) in [7, 11) is 0. The molecule has 1 nitrogen and oxygen atoms in total. The zero-order valence-corrected chi connectivity index (χ0v) is 6.38. The van der Waals surface area contributed by atoms with E-state index in [1.807, 2.05) is 0 Å². The second kappa shape index (κ2) is 2.09. The van der Waals surface area contributed by atoms with Crippen LogP contribution in [0, 0.1) is 11.8 Å². The minimum absolute atomic E-state index is 0.0219. The molecular weight excluding hydrogens is 124 g/mol. The molecule has 10 heavy (non-hydrogen) atoms. The summed E-state index contributed by atoms with van der Waals surface area (Å²) in [6.45, 7) is 2.11. The van der Waals surface area contributed by atoms with E-state index in [1.54, 1.807) is 5.57 Å². The van der Waals surface area contributed by atoms with E-state index in [-0.39, 0.29) is 6.10 Å². The van der Waals surface area contributed by atoms with Gasteiger partial charge in [-0.25, -0.2) is 0 Å². The minimum Gasteiger partial charge on any atom is -0.393 e. The van der Waals surface area contributed by atoms with E-state index in [4.69, 9.17) is 0 Å². The molecule has 0 aromatic rings. The van der Waals surface area contributed by atoms with Crippen LogP contribution in [-0.4, -0.2) is 11.2 Å². The Morgan fingerprint density at radius 2 is 2.30 bits per heavy atom. The zero-order chi connectivity index (χ0) is 7.14. The number of rotatable bonds is 0. The van der Waals surface area contributed by atoms with Crippen LogP contribution in [0.4, 0.5) is 0 Å². The fourth-order valence-corrected chi connectivity index (χ4v) is 2.45. The number of fused-ring (bicyclic) bond motifs is 2. The number of allylic oxidation sites excluding steroid dienone is 2. The van der Waals surface area contributed by atoms with Crippen LogP contribution in [0.1, 0.15) is 26.2 Å². The van der Waals surface area contributed by atoms with Crippen molar-refractivity contribution in [2.24, 2.45) is 11.8 Å². The molecule has 2 fully saturated rings. The van der Waals surface area contributed by atoms with Crippen molar-refractivity contribution in [3.05, 3.63) is 11.6 Å². The van der Waals surface area contributed by atoms with E-state index >= 15 is 0 Å². The summed E-state index contributed by atoms with van der Waals surface area (Å²) in [6.07, 6.45) is 5.71. The largest absolute Gasteiger partial charge is 0.393 e. The molecular formula is C9H14O. The molecule has 2 rings (SSSR count). The number of hydrogen-bond donors (Lipinski definition) is 1. The van der Waals surface area contributed by atoms with Crippen LogP contribution in [0.15, 0.2) is 11.6 Å². The van der Waals surface area contributed by atoms with Crippen LogP contribution in [-0.2, 0) is 0 Å². The molecule has 2 bridgehead atoms. The lowest BCUT2D eigenvalue weighted by atomic mass is 9.93. The summed E-state index contributed by atoms with van der Waals surface area (Å²) in [5.74, 6) is 1.35. The van der Waals surface area contributed by atoms with Gasteiger partial charge in [-0.1, -0.05) is 11.6 Å². The Balaban J connectivity index is 2.16. The Labute approximate surface area is 61.8 Å². The summed E-state index contributed by atoms with van der Waals surface area (Å²) in [4.78, 5) is 0. The van der Waals surface area contributed by atoms with Crippen LogP contribution in [0.25, 0.3) is 0 Å². The fourth-order valence-electron chi connectivity index (χ4n) is 2.45. The highest BCUT2D eigenvalue weighted by Crippen LogP contribution is 2.47. The van der Waals surface area contributed by atoms with Gasteiger partial charge >= 0.3 is 0 Å². The SMILES string of the molecule is C/C=C1\CC2CC1CC2O. The van der Waals surface area contributed by atoms with Gasteiger partial charge in [-0.05, 0) is 38.0 Å². The van der Waals surface area contributed by atoms with Crippen molar-refractivity contribution in [2.45, 2.75) is 32.3 Å². The molecule has 1 N–H and O–H groups in total. The molecule has 1 heteroatoms. The highest BCUT2D eigenvalue weighted by atomic mass is 16.3. The molecule has 0 heterocycles. The van der Waals surface area contributed by atoms with Crippen molar-refractivity contribution in [1.82, 2.24) is 0 Å². The topological polar surface area (TPSA) is 20.2 Å². The van der Waals surface area contributed by atoms with Gasteiger partial charge in [-0.2, -0.15) is 0 Å². The Morgan fingerprint density at radius 3 is 2.70 bits per heavy atom. The van der Waals surface area contributed by atoms with Crippen molar-refractivity contribution in [3.63, 3.8) is 0 Å². The molecule has 0 saturated heterocycles. The second-order valence-corrected chi connectivity index (χ2v) is 3.56. The molecule has 0 amide bonds. The van der Waals surface area contributed by atoms with Gasteiger partial charge in [0.15, 0.2) is 0 Å². The standard InChI is InChI=1S/C9H14O/c1-2-6-3-8-4-7(6)5-9(8)10/h2,7-10H,3-5H2,1H3/b6-2+. The van der Waals surface area contributed by atoms with Crippen molar-refractivity contribution in [2.75, 3.05) is 0 Å². The van der Waals surface area contributed by atoms with Crippen molar-refractivity contribution in [3.8, 4) is 0 Å². The molecule has 0 radical (unpaired) electrons. The highest BCUT2D eigenvalue weighted by Gasteiger charge is 2.41. The van der Waals surface area contributed by atoms with Gasteiger partial charge in [0.05, 0.1) is 6.10 Å². The zero-order valence-electron chi connectivity index (χ0n) is 6.38.